The summed E-state index contributed by atoms with van der Waals surface area (Å²) in [5.74, 6) is 1.65. The summed E-state index contributed by atoms with van der Waals surface area (Å²) in [7, 11) is 0. The van der Waals surface area contributed by atoms with Gasteiger partial charge in [-0.2, -0.15) is 0 Å². The third kappa shape index (κ3) is 5.00. The fourth-order valence-corrected chi connectivity index (χ4v) is 6.59. The molecule has 2 aliphatic rings. The molecule has 35 heavy (non-hydrogen) atoms. The van der Waals surface area contributed by atoms with E-state index in [2.05, 4.69) is 66.4 Å². The van der Waals surface area contributed by atoms with E-state index in [0.717, 1.165) is 54.6 Å². The monoisotopic (exact) mass is 501 g/mol. The van der Waals surface area contributed by atoms with Gasteiger partial charge in [0.2, 0.25) is 0 Å². The van der Waals surface area contributed by atoms with Crippen LogP contribution in [0.3, 0.4) is 0 Å². The Morgan fingerprint density at radius 2 is 1.86 bits per heavy atom. The van der Waals surface area contributed by atoms with Crippen molar-refractivity contribution in [2.24, 2.45) is 5.92 Å². The van der Waals surface area contributed by atoms with Crippen molar-refractivity contribution in [3.63, 3.8) is 0 Å². The van der Waals surface area contributed by atoms with E-state index >= 15 is 0 Å². The molecule has 0 atom stereocenters. The molecule has 3 aromatic rings. The van der Waals surface area contributed by atoms with Crippen molar-refractivity contribution < 1.29 is 4.79 Å². The largest absolute Gasteiger partial charge is 0.356 e. The molecule has 6 heteroatoms. The van der Waals surface area contributed by atoms with E-state index in [0.29, 0.717) is 15.1 Å². The van der Waals surface area contributed by atoms with Crippen LogP contribution in [0.15, 0.2) is 59.5 Å². The first kappa shape index (κ1) is 24.0. The first-order valence-electron chi connectivity index (χ1n) is 12.4. The van der Waals surface area contributed by atoms with E-state index in [4.69, 9.17) is 17.2 Å². The quantitative estimate of drug-likeness (QED) is 0.290. The first-order valence-corrected chi connectivity index (χ1v) is 13.6. The molecule has 0 N–H and O–H groups in total. The number of thioether (sulfide) groups is 1. The summed E-state index contributed by atoms with van der Waals surface area (Å²) in [5.41, 5.74) is 4.60. The predicted molar refractivity (Wildman–Crippen MR) is 152 cm³/mol. The molecule has 2 fully saturated rings. The van der Waals surface area contributed by atoms with Gasteiger partial charge in [0, 0.05) is 30.1 Å². The molecule has 4 nitrogen and oxygen atoms in total. The Hall–Kier alpha value is -2.70. The number of fused-ring (bicyclic) bond motifs is 1. The summed E-state index contributed by atoms with van der Waals surface area (Å²) in [6, 6.07) is 19.3. The van der Waals surface area contributed by atoms with Crippen LogP contribution in [0.1, 0.15) is 43.4 Å². The number of carbonyl (C=O) groups is 1. The lowest BCUT2D eigenvalue weighted by atomic mass is 9.90. The van der Waals surface area contributed by atoms with Crippen LogP contribution in [-0.4, -0.2) is 39.2 Å². The second kappa shape index (κ2) is 10.1. The minimum Gasteiger partial charge on any atom is -0.356 e. The van der Waals surface area contributed by atoms with Crippen LogP contribution in [0, 0.1) is 12.8 Å². The van der Waals surface area contributed by atoms with Crippen molar-refractivity contribution in [1.82, 2.24) is 9.88 Å². The van der Waals surface area contributed by atoms with Crippen LogP contribution >= 0.6 is 24.0 Å². The fraction of sp³-hybridized carbons (Fsp3) is 0.345. The van der Waals surface area contributed by atoms with Crippen LogP contribution in [0.5, 0.6) is 0 Å². The summed E-state index contributed by atoms with van der Waals surface area (Å²) in [6.07, 6.45) is 5.40. The Bertz CT molecular complexity index is 1290. The molecular formula is C29H31N3OS2. The number of thiocarbonyl (C=S) groups is 1. The smallest absolute Gasteiger partial charge is 0.266 e. The molecule has 0 saturated carbocycles. The number of piperidine rings is 1. The number of amides is 1. The molecule has 0 radical (unpaired) electrons. The number of hydrogen-bond donors (Lipinski definition) is 0. The summed E-state index contributed by atoms with van der Waals surface area (Å²) >= 11 is 6.90. The van der Waals surface area contributed by atoms with E-state index < -0.39 is 0 Å². The molecule has 0 bridgehead atoms. The fourth-order valence-electron chi connectivity index (χ4n) is 5.08. The van der Waals surface area contributed by atoms with Gasteiger partial charge >= 0.3 is 0 Å². The average molecular weight is 502 g/mol. The number of nitrogens with zero attached hydrogens (tertiary/aromatic N) is 3. The van der Waals surface area contributed by atoms with Gasteiger partial charge in [0.05, 0.1) is 10.4 Å². The number of rotatable bonds is 5. The molecule has 2 aromatic carbocycles. The van der Waals surface area contributed by atoms with Crippen molar-refractivity contribution in [2.75, 3.05) is 18.0 Å². The van der Waals surface area contributed by atoms with Crippen LogP contribution in [0.25, 0.3) is 17.0 Å². The van der Waals surface area contributed by atoms with Crippen molar-refractivity contribution in [2.45, 2.75) is 46.1 Å². The Kier molecular flexibility index (Phi) is 6.94. The number of aryl methyl sites for hydroxylation is 1. The molecule has 0 aliphatic carbocycles. The number of para-hydroxylation sites is 1. The molecule has 3 heterocycles. The minimum atomic E-state index is -0.00754. The zero-order chi connectivity index (χ0) is 24.5. The zero-order valence-electron chi connectivity index (χ0n) is 20.5. The number of pyridine rings is 1. The molecule has 1 amide bonds. The Morgan fingerprint density at radius 1 is 1.11 bits per heavy atom. The second-order valence-corrected chi connectivity index (χ2v) is 11.5. The Labute approximate surface area is 217 Å². The highest BCUT2D eigenvalue weighted by Gasteiger charge is 2.34. The summed E-state index contributed by atoms with van der Waals surface area (Å²) in [6.45, 7) is 8.04. The number of anilines is 1. The lowest BCUT2D eigenvalue weighted by Crippen LogP contribution is -2.35. The van der Waals surface area contributed by atoms with Gasteiger partial charge in [-0.3, -0.25) is 9.69 Å². The lowest BCUT2D eigenvalue weighted by Gasteiger charge is -2.34. The summed E-state index contributed by atoms with van der Waals surface area (Å²) in [5, 5.41) is 1.10. The summed E-state index contributed by atoms with van der Waals surface area (Å²) in [4.78, 5) is 23.1. The standard InChI is InChI=1S/C29H31N3OS2/c1-19(2)32-28(33)25(35-29(32)34)18-24-17-23-11-7-8-20(3)26(23)30-27(24)31-14-12-22(13-15-31)16-21-9-5-4-6-10-21/h4-11,17-19,22H,12-16H2,1-3H3/b25-18-. The maximum absolute atomic E-state index is 13.1. The lowest BCUT2D eigenvalue weighted by molar-refractivity contribution is -0.123. The molecule has 180 valence electrons. The van der Waals surface area contributed by atoms with Gasteiger partial charge in [-0.1, -0.05) is 72.5 Å². The number of aromatic nitrogens is 1. The highest BCUT2D eigenvalue weighted by Crippen LogP contribution is 2.37. The van der Waals surface area contributed by atoms with Crippen LogP contribution in [0.4, 0.5) is 5.82 Å². The predicted octanol–water partition coefficient (Wildman–Crippen LogP) is 6.61. The van der Waals surface area contributed by atoms with E-state index in [9.17, 15) is 4.79 Å². The van der Waals surface area contributed by atoms with Crippen molar-refractivity contribution in [1.29, 1.82) is 0 Å². The molecule has 0 unspecified atom stereocenters. The molecular weight excluding hydrogens is 470 g/mol. The zero-order valence-corrected chi connectivity index (χ0v) is 22.2. The van der Waals surface area contributed by atoms with Gasteiger partial charge in [0.25, 0.3) is 5.91 Å². The van der Waals surface area contributed by atoms with Crippen LogP contribution in [-0.2, 0) is 11.2 Å². The summed E-state index contributed by atoms with van der Waals surface area (Å²) < 4.78 is 0.629. The van der Waals surface area contributed by atoms with Crippen molar-refractivity contribution >= 4 is 57.0 Å². The van der Waals surface area contributed by atoms with E-state index in [1.807, 2.05) is 19.9 Å². The number of carbonyl (C=O) groups excluding carboxylic acids is 1. The number of benzene rings is 2. The topological polar surface area (TPSA) is 36.4 Å². The van der Waals surface area contributed by atoms with Gasteiger partial charge in [0.1, 0.15) is 10.1 Å². The Morgan fingerprint density at radius 3 is 2.54 bits per heavy atom. The van der Waals surface area contributed by atoms with Crippen LogP contribution in [0.2, 0.25) is 0 Å². The first-order chi connectivity index (χ1) is 16.9. The third-order valence-electron chi connectivity index (χ3n) is 6.96. The molecule has 5 rings (SSSR count). The SMILES string of the molecule is Cc1cccc2cc(/C=C3\SC(=S)N(C(C)C)C3=O)c(N3CCC(Cc4ccccc4)CC3)nc12. The van der Waals surface area contributed by atoms with Gasteiger partial charge in [-0.15, -0.1) is 0 Å². The minimum absolute atomic E-state index is 0.00754. The Balaban J connectivity index is 1.46. The van der Waals surface area contributed by atoms with E-state index in [-0.39, 0.29) is 11.9 Å². The van der Waals surface area contributed by atoms with Gasteiger partial charge in [0.15, 0.2) is 0 Å². The maximum Gasteiger partial charge on any atom is 0.266 e. The molecule has 0 spiro atoms. The van der Waals surface area contributed by atoms with Gasteiger partial charge in [-0.25, -0.2) is 4.98 Å². The average Bonchev–Trinajstić information content (AvgIpc) is 3.13. The molecule has 1 aromatic heterocycles. The maximum atomic E-state index is 13.1. The van der Waals surface area contributed by atoms with Crippen LogP contribution < -0.4 is 4.90 Å². The number of hydrogen-bond acceptors (Lipinski definition) is 5. The van der Waals surface area contributed by atoms with Crippen molar-refractivity contribution in [3.05, 3.63) is 76.2 Å². The molecule has 2 aliphatic heterocycles. The second-order valence-electron chi connectivity index (χ2n) is 9.81. The van der Waals surface area contributed by atoms with E-state index in [1.165, 1.54) is 22.9 Å². The normalized spacial score (nSPS) is 18.5. The van der Waals surface area contributed by atoms with E-state index in [1.54, 1.807) is 4.90 Å². The van der Waals surface area contributed by atoms with Gasteiger partial charge < -0.3 is 4.90 Å². The van der Waals surface area contributed by atoms with Gasteiger partial charge in [-0.05, 0) is 69.2 Å². The molecule has 2 saturated heterocycles. The highest BCUT2D eigenvalue weighted by atomic mass is 32.2. The van der Waals surface area contributed by atoms with Crippen molar-refractivity contribution in [3.8, 4) is 0 Å². The highest BCUT2D eigenvalue weighted by molar-refractivity contribution is 8.26. The third-order valence-corrected chi connectivity index (χ3v) is 8.29.